The largest absolute Gasteiger partial charge is 0.478 e. The van der Waals surface area contributed by atoms with Gasteiger partial charge in [0.25, 0.3) is 0 Å². The molecule has 0 aliphatic carbocycles. The standard InChI is InChI=1S/C30H23ClF2N4O4/c31-21-5-3-20(24(33)12-21)16-41-29-14-34-13-26(36-29)18-2-1-17(23(32)9-18)11-28-35-25-6-4-19(30(38)39)10-27(25)37(28)15-22-7-8-40-22/h1-6,9-10,12-14,22H,7-8,11,15-16H2,(H,38,39). The molecule has 3 aromatic carbocycles. The van der Waals surface area contributed by atoms with Gasteiger partial charge >= 0.3 is 5.97 Å². The van der Waals surface area contributed by atoms with Gasteiger partial charge in [-0.1, -0.05) is 29.8 Å². The third-order valence-electron chi connectivity index (χ3n) is 6.95. The van der Waals surface area contributed by atoms with Gasteiger partial charge in [-0.05, 0) is 48.4 Å². The first-order chi connectivity index (χ1) is 19.8. The smallest absolute Gasteiger partial charge is 0.335 e. The van der Waals surface area contributed by atoms with Crippen LogP contribution >= 0.6 is 11.6 Å². The van der Waals surface area contributed by atoms with E-state index in [1.807, 2.05) is 4.57 Å². The number of carboxylic acids is 1. The molecule has 1 fully saturated rings. The summed E-state index contributed by atoms with van der Waals surface area (Å²) in [6.45, 7) is 1.10. The zero-order valence-electron chi connectivity index (χ0n) is 21.6. The summed E-state index contributed by atoms with van der Waals surface area (Å²) in [5.41, 5.74) is 3.05. The number of benzene rings is 3. The van der Waals surface area contributed by atoms with E-state index in [2.05, 4.69) is 15.0 Å². The van der Waals surface area contributed by atoms with Crippen molar-refractivity contribution in [3.8, 4) is 17.1 Å². The first-order valence-electron chi connectivity index (χ1n) is 12.9. The fraction of sp³-hybridized carbons (Fsp3) is 0.200. The Hall–Kier alpha value is -4.41. The lowest BCUT2D eigenvalue weighted by molar-refractivity contribution is -0.0589. The minimum absolute atomic E-state index is 0.00360. The number of rotatable bonds is 9. The van der Waals surface area contributed by atoms with Crippen LogP contribution in [0, 0.1) is 11.6 Å². The highest BCUT2D eigenvalue weighted by atomic mass is 35.5. The van der Waals surface area contributed by atoms with Gasteiger partial charge in [-0.2, -0.15) is 0 Å². The second-order valence-corrected chi connectivity index (χ2v) is 10.1. The van der Waals surface area contributed by atoms with Gasteiger partial charge in [0.05, 0.1) is 47.3 Å². The molecule has 1 atom stereocenters. The van der Waals surface area contributed by atoms with E-state index in [1.165, 1.54) is 36.7 Å². The van der Waals surface area contributed by atoms with Crippen molar-refractivity contribution in [1.82, 2.24) is 19.5 Å². The molecule has 1 aliphatic rings. The maximum atomic E-state index is 15.4. The molecule has 1 N–H and O–H groups in total. The zero-order valence-corrected chi connectivity index (χ0v) is 22.3. The van der Waals surface area contributed by atoms with Gasteiger partial charge in [0.15, 0.2) is 0 Å². The van der Waals surface area contributed by atoms with E-state index in [-0.39, 0.29) is 35.6 Å². The van der Waals surface area contributed by atoms with Crippen molar-refractivity contribution in [2.45, 2.75) is 32.1 Å². The van der Waals surface area contributed by atoms with E-state index < -0.39 is 17.6 Å². The predicted molar refractivity (Wildman–Crippen MR) is 147 cm³/mol. The average molecular weight is 577 g/mol. The fourth-order valence-electron chi connectivity index (χ4n) is 4.64. The van der Waals surface area contributed by atoms with Crippen LogP contribution in [-0.2, 0) is 24.3 Å². The SMILES string of the molecule is O=C(O)c1ccc2nc(Cc3ccc(-c4cncc(OCc5ccc(Cl)cc5F)n4)cc3F)n(CC3CCO3)c2c1. The van der Waals surface area contributed by atoms with E-state index in [4.69, 9.17) is 21.1 Å². The molecule has 208 valence electrons. The molecule has 0 amide bonds. The van der Waals surface area contributed by atoms with Gasteiger partial charge in [-0.25, -0.2) is 23.5 Å². The maximum absolute atomic E-state index is 15.4. The van der Waals surface area contributed by atoms with Gasteiger partial charge in [0.2, 0.25) is 5.88 Å². The quantitative estimate of drug-likeness (QED) is 0.227. The van der Waals surface area contributed by atoms with Crippen molar-refractivity contribution in [1.29, 1.82) is 0 Å². The number of fused-ring (bicyclic) bond motifs is 1. The monoisotopic (exact) mass is 576 g/mol. The summed E-state index contributed by atoms with van der Waals surface area (Å²) < 4.78 is 42.6. The van der Waals surface area contributed by atoms with Gasteiger partial charge in [0.1, 0.15) is 24.1 Å². The van der Waals surface area contributed by atoms with Gasteiger partial charge < -0.3 is 19.1 Å². The molecular weight excluding hydrogens is 554 g/mol. The average Bonchev–Trinajstić information content (AvgIpc) is 3.27. The molecule has 1 saturated heterocycles. The number of aromatic nitrogens is 4. The van der Waals surface area contributed by atoms with E-state index in [9.17, 15) is 14.3 Å². The molecule has 1 unspecified atom stereocenters. The number of imidazole rings is 1. The topological polar surface area (TPSA) is 99.4 Å². The molecule has 6 rings (SSSR count). The van der Waals surface area contributed by atoms with Gasteiger partial charge in [-0.3, -0.25) is 4.98 Å². The molecular formula is C30H23ClF2N4O4. The van der Waals surface area contributed by atoms with Crippen molar-refractivity contribution in [3.63, 3.8) is 0 Å². The first-order valence-corrected chi connectivity index (χ1v) is 13.2. The minimum Gasteiger partial charge on any atom is -0.478 e. The number of halogens is 3. The predicted octanol–water partition coefficient (Wildman–Crippen LogP) is 6.08. The highest BCUT2D eigenvalue weighted by Crippen LogP contribution is 2.27. The van der Waals surface area contributed by atoms with Crippen LogP contribution in [0.25, 0.3) is 22.3 Å². The molecule has 0 saturated carbocycles. The Bertz CT molecular complexity index is 1770. The molecule has 0 radical (unpaired) electrons. The molecule has 5 aromatic rings. The van der Waals surface area contributed by atoms with Crippen LogP contribution in [0.3, 0.4) is 0 Å². The fourth-order valence-corrected chi connectivity index (χ4v) is 4.80. The Morgan fingerprint density at radius 2 is 1.85 bits per heavy atom. The number of aromatic carboxylic acids is 1. The lowest BCUT2D eigenvalue weighted by Gasteiger charge is -2.27. The van der Waals surface area contributed by atoms with Crippen LogP contribution in [0.5, 0.6) is 5.88 Å². The molecule has 0 spiro atoms. The molecule has 1 aliphatic heterocycles. The summed E-state index contributed by atoms with van der Waals surface area (Å²) in [5.74, 6) is -1.21. The lowest BCUT2D eigenvalue weighted by Crippen LogP contribution is -2.31. The molecule has 41 heavy (non-hydrogen) atoms. The van der Waals surface area contributed by atoms with Crippen LogP contribution in [0.15, 0.2) is 67.0 Å². The van der Waals surface area contributed by atoms with Crippen LogP contribution < -0.4 is 4.74 Å². The minimum atomic E-state index is -1.03. The van der Waals surface area contributed by atoms with Crippen LogP contribution in [0.2, 0.25) is 5.02 Å². The molecule has 11 heteroatoms. The van der Waals surface area contributed by atoms with Crippen molar-refractivity contribution in [2.75, 3.05) is 6.61 Å². The second kappa shape index (κ2) is 11.2. The maximum Gasteiger partial charge on any atom is 0.335 e. The highest BCUT2D eigenvalue weighted by Gasteiger charge is 2.23. The summed E-state index contributed by atoms with van der Waals surface area (Å²) in [4.78, 5) is 24.8. The Morgan fingerprint density at radius 1 is 1.05 bits per heavy atom. The van der Waals surface area contributed by atoms with Crippen LogP contribution in [0.1, 0.15) is 33.7 Å². The Balaban J connectivity index is 1.24. The third-order valence-corrected chi connectivity index (χ3v) is 7.19. The van der Waals surface area contributed by atoms with Crippen molar-refractivity contribution >= 4 is 28.6 Å². The van der Waals surface area contributed by atoms with Gasteiger partial charge in [0, 0.05) is 29.2 Å². The first kappa shape index (κ1) is 26.8. The second-order valence-electron chi connectivity index (χ2n) is 9.68. The van der Waals surface area contributed by atoms with Crippen molar-refractivity contribution in [3.05, 3.63) is 106 Å². The summed E-state index contributed by atoms with van der Waals surface area (Å²) in [5, 5.41) is 9.74. The summed E-state index contributed by atoms with van der Waals surface area (Å²) >= 11 is 5.80. The zero-order chi connectivity index (χ0) is 28.5. The number of hydrogen-bond acceptors (Lipinski definition) is 6. The van der Waals surface area contributed by atoms with E-state index in [0.717, 1.165) is 6.42 Å². The molecule has 3 heterocycles. The Morgan fingerprint density at radius 3 is 2.59 bits per heavy atom. The number of carboxylic acid groups (broad SMARTS) is 1. The summed E-state index contributed by atoms with van der Waals surface area (Å²) in [7, 11) is 0. The number of nitrogens with zero attached hydrogens (tertiary/aromatic N) is 4. The molecule has 2 aromatic heterocycles. The number of ether oxygens (including phenoxy) is 2. The van der Waals surface area contributed by atoms with E-state index in [0.29, 0.717) is 52.4 Å². The van der Waals surface area contributed by atoms with Crippen molar-refractivity contribution < 1.29 is 28.2 Å². The van der Waals surface area contributed by atoms with E-state index >= 15 is 4.39 Å². The number of hydrogen-bond donors (Lipinski definition) is 1. The molecule has 8 nitrogen and oxygen atoms in total. The highest BCUT2D eigenvalue weighted by molar-refractivity contribution is 6.30. The number of carbonyl (C=O) groups is 1. The van der Waals surface area contributed by atoms with Crippen molar-refractivity contribution in [2.24, 2.45) is 0 Å². The van der Waals surface area contributed by atoms with Gasteiger partial charge in [-0.15, -0.1) is 0 Å². The Labute approximate surface area is 238 Å². The third kappa shape index (κ3) is 5.75. The summed E-state index contributed by atoms with van der Waals surface area (Å²) in [6.07, 6.45) is 3.96. The summed E-state index contributed by atoms with van der Waals surface area (Å²) in [6, 6.07) is 13.8. The Kier molecular flexibility index (Phi) is 7.34. The lowest BCUT2D eigenvalue weighted by atomic mass is 10.1. The van der Waals surface area contributed by atoms with Crippen LogP contribution in [-0.4, -0.2) is 43.3 Å². The molecule has 0 bridgehead atoms. The van der Waals surface area contributed by atoms with Crippen LogP contribution in [0.4, 0.5) is 8.78 Å². The van der Waals surface area contributed by atoms with E-state index in [1.54, 1.807) is 30.3 Å². The normalized spacial score (nSPS) is 14.7.